The minimum Gasteiger partial charge on any atom is -0.352 e. The zero-order chi connectivity index (χ0) is 22.2. The summed E-state index contributed by atoms with van der Waals surface area (Å²) in [6, 6.07) is 17.7. The van der Waals surface area contributed by atoms with Crippen LogP contribution in [0.4, 0.5) is 11.5 Å². The lowest BCUT2D eigenvalue weighted by atomic mass is 10.1. The average molecular weight is 430 g/mol. The predicted molar refractivity (Wildman–Crippen MR) is 129 cm³/mol. The van der Waals surface area contributed by atoms with Gasteiger partial charge in [0.25, 0.3) is 5.91 Å². The van der Waals surface area contributed by atoms with Gasteiger partial charge >= 0.3 is 0 Å². The molecule has 4 rings (SSSR count). The molecule has 6 nitrogen and oxygen atoms in total. The molecule has 6 heteroatoms. The smallest absolute Gasteiger partial charge is 0.251 e. The van der Waals surface area contributed by atoms with Crippen LogP contribution in [0.5, 0.6) is 0 Å². The van der Waals surface area contributed by atoms with Crippen LogP contribution in [0, 0.1) is 6.92 Å². The second-order valence-electron chi connectivity index (χ2n) is 8.37. The maximum absolute atomic E-state index is 12.4. The van der Waals surface area contributed by atoms with E-state index in [-0.39, 0.29) is 5.91 Å². The second-order valence-corrected chi connectivity index (χ2v) is 8.37. The van der Waals surface area contributed by atoms with Crippen LogP contribution in [0.3, 0.4) is 0 Å². The molecule has 1 aromatic heterocycles. The second kappa shape index (κ2) is 10.9. The van der Waals surface area contributed by atoms with Gasteiger partial charge in [-0.3, -0.25) is 4.79 Å². The Hall–Kier alpha value is -3.25. The first-order chi connectivity index (χ1) is 15.7. The van der Waals surface area contributed by atoms with E-state index >= 15 is 0 Å². The van der Waals surface area contributed by atoms with Gasteiger partial charge in [0.2, 0.25) is 0 Å². The third-order valence-electron chi connectivity index (χ3n) is 5.82. The normalized spacial score (nSPS) is 14.2. The summed E-state index contributed by atoms with van der Waals surface area (Å²) in [5.41, 5.74) is 4.67. The van der Waals surface area contributed by atoms with Crippen molar-refractivity contribution in [2.75, 3.05) is 31.5 Å². The number of hydrogen-bond donors (Lipinski definition) is 2. The Morgan fingerprint density at radius 2 is 1.72 bits per heavy atom. The number of carbonyl (C=O) groups is 1. The van der Waals surface area contributed by atoms with Crippen molar-refractivity contribution in [3.05, 3.63) is 72.1 Å². The van der Waals surface area contributed by atoms with Crippen molar-refractivity contribution in [2.24, 2.45) is 0 Å². The number of aryl methyl sites for hydroxylation is 1. The zero-order valence-corrected chi connectivity index (χ0v) is 18.7. The lowest BCUT2D eigenvalue weighted by Crippen LogP contribution is -2.33. The van der Waals surface area contributed by atoms with Crippen LogP contribution in [-0.2, 0) is 0 Å². The molecule has 1 saturated heterocycles. The third-order valence-corrected chi connectivity index (χ3v) is 5.82. The summed E-state index contributed by atoms with van der Waals surface area (Å²) in [6.45, 7) is 6.23. The Labute approximate surface area is 190 Å². The molecule has 0 saturated carbocycles. The van der Waals surface area contributed by atoms with Gasteiger partial charge in [-0.1, -0.05) is 36.2 Å². The van der Waals surface area contributed by atoms with Gasteiger partial charge in [-0.2, -0.15) is 0 Å². The third kappa shape index (κ3) is 6.14. The molecule has 2 heterocycles. The molecule has 1 amide bonds. The summed E-state index contributed by atoms with van der Waals surface area (Å²) >= 11 is 0. The van der Waals surface area contributed by atoms with Gasteiger partial charge in [-0.25, -0.2) is 9.97 Å². The largest absolute Gasteiger partial charge is 0.352 e. The van der Waals surface area contributed by atoms with Crippen molar-refractivity contribution in [1.29, 1.82) is 0 Å². The molecule has 32 heavy (non-hydrogen) atoms. The van der Waals surface area contributed by atoms with E-state index < -0.39 is 0 Å². The molecule has 2 N–H and O–H groups in total. The number of anilines is 2. The van der Waals surface area contributed by atoms with Gasteiger partial charge in [0.1, 0.15) is 12.1 Å². The van der Waals surface area contributed by atoms with E-state index in [2.05, 4.69) is 56.7 Å². The van der Waals surface area contributed by atoms with Gasteiger partial charge in [-0.05, 0) is 70.1 Å². The van der Waals surface area contributed by atoms with Gasteiger partial charge in [0.05, 0.1) is 5.69 Å². The minimum atomic E-state index is -0.0288. The SMILES string of the molecule is Cc1ccc(-c2cc(Nc3ccc(C(=O)NCCCN4CCCCC4)cc3)ncn2)cc1. The number of amides is 1. The van der Waals surface area contributed by atoms with E-state index in [0.29, 0.717) is 17.9 Å². The first-order valence-corrected chi connectivity index (χ1v) is 11.4. The van der Waals surface area contributed by atoms with E-state index in [1.165, 1.54) is 37.9 Å². The highest BCUT2D eigenvalue weighted by Crippen LogP contribution is 2.21. The number of piperidine rings is 1. The van der Waals surface area contributed by atoms with Crippen LogP contribution in [0.25, 0.3) is 11.3 Å². The maximum Gasteiger partial charge on any atom is 0.251 e. The average Bonchev–Trinajstić information content (AvgIpc) is 2.83. The minimum absolute atomic E-state index is 0.0288. The molecule has 0 unspecified atom stereocenters. The number of carbonyl (C=O) groups excluding carboxylic acids is 1. The quantitative estimate of drug-likeness (QED) is 0.503. The standard InChI is InChI=1S/C26H31N5O/c1-20-6-8-21(9-7-20)24-18-25(29-19-28-24)30-23-12-10-22(11-13-23)26(32)27-14-5-17-31-15-3-2-4-16-31/h6-13,18-19H,2-5,14-17H2,1H3,(H,27,32)(H,28,29,30). The van der Waals surface area contributed by atoms with Crippen LogP contribution < -0.4 is 10.6 Å². The Balaban J connectivity index is 1.28. The molecule has 1 aliphatic heterocycles. The first-order valence-electron chi connectivity index (χ1n) is 11.4. The monoisotopic (exact) mass is 429 g/mol. The van der Waals surface area contributed by atoms with Crippen molar-refractivity contribution >= 4 is 17.4 Å². The number of nitrogens with zero attached hydrogens (tertiary/aromatic N) is 3. The highest BCUT2D eigenvalue weighted by atomic mass is 16.1. The summed E-state index contributed by atoms with van der Waals surface area (Å²) < 4.78 is 0. The molecular weight excluding hydrogens is 398 g/mol. The highest BCUT2D eigenvalue weighted by molar-refractivity contribution is 5.94. The van der Waals surface area contributed by atoms with Crippen molar-refractivity contribution < 1.29 is 4.79 Å². The summed E-state index contributed by atoms with van der Waals surface area (Å²) in [7, 11) is 0. The van der Waals surface area contributed by atoms with Crippen molar-refractivity contribution in [3.8, 4) is 11.3 Å². The Morgan fingerprint density at radius 1 is 0.969 bits per heavy atom. The van der Waals surface area contributed by atoms with E-state index in [1.54, 1.807) is 6.33 Å². The Bertz CT molecular complexity index is 1010. The number of rotatable bonds is 8. The molecule has 166 valence electrons. The van der Waals surface area contributed by atoms with Crippen molar-refractivity contribution in [3.63, 3.8) is 0 Å². The molecule has 1 fully saturated rings. The number of hydrogen-bond acceptors (Lipinski definition) is 5. The van der Waals surface area contributed by atoms with Gasteiger partial charge in [0, 0.05) is 29.4 Å². The summed E-state index contributed by atoms with van der Waals surface area (Å²) in [5, 5.41) is 6.32. The first kappa shape index (κ1) is 22.0. The lowest BCUT2D eigenvalue weighted by molar-refractivity contribution is 0.0951. The van der Waals surface area contributed by atoms with E-state index in [4.69, 9.17) is 0 Å². The number of likely N-dealkylation sites (tertiary alicyclic amines) is 1. The number of benzene rings is 2. The topological polar surface area (TPSA) is 70.2 Å². The molecule has 0 aliphatic carbocycles. The van der Waals surface area contributed by atoms with E-state index in [1.807, 2.05) is 30.3 Å². The van der Waals surface area contributed by atoms with Crippen molar-refractivity contribution in [2.45, 2.75) is 32.6 Å². The summed E-state index contributed by atoms with van der Waals surface area (Å²) in [4.78, 5) is 23.6. The van der Waals surface area contributed by atoms with Crippen LogP contribution in [0.1, 0.15) is 41.6 Å². The Morgan fingerprint density at radius 3 is 2.47 bits per heavy atom. The van der Waals surface area contributed by atoms with Crippen LogP contribution in [0.2, 0.25) is 0 Å². The van der Waals surface area contributed by atoms with Crippen LogP contribution in [0.15, 0.2) is 60.9 Å². The van der Waals surface area contributed by atoms with E-state index in [9.17, 15) is 4.79 Å². The molecule has 3 aromatic rings. The fourth-order valence-corrected chi connectivity index (χ4v) is 3.95. The maximum atomic E-state index is 12.4. The van der Waals surface area contributed by atoms with Gasteiger partial charge in [0.15, 0.2) is 0 Å². The highest BCUT2D eigenvalue weighted by Gasteiger charge is 2.10. The fraction of sp³-hybridized carbons (Fsp3) is 0.346. The van der Waals surface area contributed by atoms with Crippen LogP contribution in [-0.4, -0.2) is 47.0 Å². The number of aromatic nitrogens is 2. The number of nitrogens with one attached hydrogen (secondary N) is 2. The molecule has 0 atom stereocenters. The van der Waals surface area contributed by atoms with Gasteiger partial charge < -0.3 is 15.5 Å². The fourth-order valence-electron chi connectivity index (χ4n) is 3.95. The Kier molecular flexibility index (Phi) is 7.46. The molecule has 0 bridgehead atoms. The molecule has 0 spiro atoms. The summed E-state index contributed by atoms with van der Waals surface area (Å²) in [6.07, 6.45) is 6.50. The zero-order valence-electron chi connectivity index (χ0n) is 18.7. The molecule has 1 aliphatic rings. The van der Waals surface area contributed by atoms with Crippen molar-refractivity contribution in [1.82, 2.24) is 20.2 Å². The lowest BCUT2D eigenvalue weighted by Gasteiger charge is -2.26. The van der Waals surface area contributed by atoms with E-state index in [0.717, 1.165) is 29.9 Å². The molecular formula is C26H31N5O. The molecule has 2 aromatic carbocycles. The molecule has 0 radical (unpaired) electrons. The summed E-state index contributed by atoms with van der Waals surface area (Å²) in [5.74, 6) is 0.685. The van der Waals surface area contributed by atoms with Crippen LogP contribution >= 0.6 is 0 Å². The van der Waals surface area contributed by atoms with Gasteiger partial charge in [-0.15, -0.1) is 0 Å². The predicted octanol–water partition coefficient (Wildman–Crippen LogP) is 4.80.